The van der Waals surface area contributed by atoms with Crippen molar-refractivity contribution >= 4 is 23.1 Å². The number of rotatable bonds is 5. The maximum Gasteiger partial charge on any atom is 0.355 e. The Morgan fingerprint density at radius 2 is 2.32 bits per heavy atom. The molecule has 2 heterocycles. The highest BCUT2D eigenvalue weighted by molar-refractivity contribution is 7.09. The minimum absolute atomic E-state index is 0.0499. The maximum atomic E-state index is 10.8. The summed E-state index contributed by atoms with van der Waals surface area (Å²) in [5.41, 5.74) is 0.0499. The Morgan fingerprint density at radius 3 is 2.95 bits per heavy atom. The van der Waals surface area contributed by atoms with E-state index in [1.807, 2.05) is 6.92 Å². The van der Waals surface area contributed by atoms with Gasteiger partial charge in [-0.15, -0.1) is 11.3 Å². The molecule has 0 aromatic carbocycles. The van der Waals surface area contributed by atoms with Crippen molar-refractivity contribution in [1.82, 2.24) is 15.0 Å². The topological polar surface area (TPSA) is 97.2 Å². The summed E-state index contributed by atoms with van der Waals surface area (Å²) in [6.07, 6.45) is 1.39. The summed E-state index contributed by atoms with van der Waals surface area (Å²) in [6.45, 7) is 1.87. The van der Waals surface area contributed by atoms with E-state index in [4.69, 9.17) is 9.84 Å². The average molecular weight is 280 g/mol. The molecule has 100 valence electrons. The van der Waals surface area contributed by atoms with Gasteiger partial charge >= 0.3 is 5.97 Å². The second kappa shape index (κ2) is 5.61. The highest BCUT2D eigenvalue weighted by Gasteiger charge is 2.14. The normalized spacial score (nSPS) is 11.9. The number of carboxylic acids is 1. The fourth-order valence-corrected chi connectivity index (χ4v) is 2.20. The van der Waals surface area contributed by atoms with Crippen molar-refractivity contribution in [1.29, 1.82) is 0 Å². The minimum atomic E-state index is -1.03. The number of anilines is 1. The Kier molecular flexibility index (Phi) is 3.91. The first-order valence-corrected chi connectivity index (χ1v) is 6.29. The maximum absolute atomic E-state index is 10.8. The van der Waals surface area contributed by atoms with Crippen molar-refractivity contribution in [2.24, 2.45) is 0 Å². The summed E-state index contributed by atoms with van der Waals surface area (Å²) in [7, 11) is 1.52. The van der Waals surface area contributed by atoms with Crippen LogP contribution in [0.3, 0.4) is 0 Å². The Balaban J connectivity index is 2.10. The zero-order valence-electron chi connectivity index (χ0n) is 10.3. The number of carboxylic acid groups (broad SMARTS) is 1. The van der Waals surface area contributed by atoms with Crippen LogP contribution in [0.1, 0.15) is 28.5 Å². The van der Waals surface area contributed by atoms with Gasteiger partial charge in [-0.25, -0.2) is 19.7 Å². The monoisotopic (exact) mass is 280 g/mol. The number of aromatic nitrogens is 3. The summed E-state index contributed by atoms with van der Waals surface area (Å²) < 4.78 is 5.00. The predicted molar refractivity (Wildman–Crippen MR) is 69.7 cm³/mol. The lowest BCUT2D eigenvalue weighted by Crippen LogP contribution is -2.08. The van der Waals surface area contributed by atoms with Crippen molar-refractivity contribution < 1.29 is 14.6 Å². The number of nitrogens with zero attached hydrogens (tertiary/aromatic N) is 3. The number of ether oxygens (including phenoxy) is 1. The van der Waals surface area contributed by atoms with Crippen LogP contribution in [0.4, 0.5) is 5.82 Å². The standard InChI is InChI=1S/C11H12N4O3S/c1-6(10-15-7(4-19-10)11(16)17)14-8-3-9(18-2)13-5-12-8/h3-6H,1-2H3,(H,16,17)(H,12,13,14). The molecule has 0 fully saturated rings. The molecule has 2 aromatic rings. The third-order valence-electron chi connectivity index (χ3n) is 2.33. The van der Waals surface area contributed by atoms with Crippen LogP contribution < -0.4 is 10.1 Å². The lowest BCUT2D eigenvalue weighted by atomic mass is 10.3. The average Bonchev–Trinajstić information content (AvgIpc) is 2.89. The molecule has 1 atom stereocenters. The molecule has 0 amide bonds. The molecule has 1 unspecified atom stereocenters. The van der Waals surface area contributed by atoms with E-state index in [-0.39, 0.29) is 11.7 Å². The van der Waals surface area contributed by atoms with Crippen LogP contribution in [0.25, 0.3) is 0 Å². The molecule has 0 aliphatic carbocycles. The van der Waals surface area contributed by atoms with Crippen molar-refractivity contribution in [3.63, 3.8) is 0 Å². The SMILES string of the molecule is COc1cc(NC(C)c2nc(C(=O)O)cs2)ncn1. The van der Waals surface area contributed by atoms with Crippen LogP contribution in [0.15, 0.2) is 17.8 Å². The first-order chi connectivity index (χ1) is 9.10. The summed E-state index contributed by atoms with van der Waals surface area (Å²) in [5.74, 6) is 0.0138. The van der Waals surface area contributed by atoms with E-state index in [1.165, 1.54) is 30.2 Å². The molecule has 0 aliphatic rings. The first kappa shape index (κ1) is 13.2. The Labute approximate surface area is 113 Å². The highest BCUT2D eigenvalue weighted by atomic mass is 32.1. The van der Waals surface area contributed by atoms with E-state index in [1.54, 1.807) is 6.07 Å². The smallest absolute Gasteiger partial charge is 0.355 e. The van der Waals surface area contributed by atoms with Crippen molar-refractivity contribution in [2.45, 2.75) is 13.0 Å². The molecule has 2 rings (SSSR count). The Hall–Kier alpha value is -2.22. The highest BCUT2D eigenvalue weighted by Crippen LogP contribution is 2.22. The molecule has 0 saturated carbocycles. The molecular formula is C11H12N4O3S. The zero-order valence-corrected chi connectivity index (χ0v) is 11.1. The summed E-state index contributed by atoms with van der Waals surface area (Å²) in [6, 6.07) is 1.50. The molecule has 2 N–H and O–H groups in total. The van der Waals surface area contributed by atoms with E-state index in [0.717, 1.165) is 0 Å². The second-order valence-electron chi connectivity index (χ2n) is 3.69. The molecule has 0 saturated heterocycles. The van der Waals surface area contributed by atoms with E-state index < -0.39 is 5.97 Å². The van der Waals surface area contributed by atoms with Crippen LogP contribution in [0, 0.1) is 0 Å². The van der Waals surface area contributed by atoms with Gasteiger partial charge in [0.2, 0.25) is 5.88 Å². The van der Waals surface area contributed by atoms with E-state index in [2.05, 4.69) is 20.3 Å². The number of carbonyl (C=O) groups is 1. The molecule has 2 aromatic heterocycles. The zero-order chi connectivity index (χ0) is 13.8. The Morgan fingerprint density at radius 1 is 1.53 bits per heavy atom. The number of aromatic carboxylic acids is 1. The van der Waals surface area contributed by atoms with Crippen molar-refractivity contribution in [3.05, 3.63) is 28.5 Å². The fraction of sp³-hybridized carbons (Fsp3) is 0.273. The number of thiazole rings is 1. The number of hydrogen-bond donors (Lipinski definition) is 2. The summed E-state index contributed by atoms with van der Waals surface area (Å²) in [5, 5.41) is 14.1. The predicted octanol–water partition coefficient (Wildman–Crippen LogP) is 1.81. The van der Waals surface area contributed by atoms with Crippen molar-refractivity contribution in [3.8, 4) is 5.88 Å². The first-order valence-electron chi connectivity index (χ1n) is 5.41. The van der Waals surface area contributed by atoms with Crippen molar-refractivity contribution in [2.75, 3.05) is 12.4 Å². The third kappa shape index (κ3) is 3.16. The molecule has 7 nitrogen and oxygen atoms in total. The van der Waals surface area contributed by atoms with Gasteiger partial charge in [0.1, 0.15) is 17.2 Å². The number of methoxy groups -OCH3 is 1. The molecule has 19 heavy (non-hydrogen) atoms. The van der Waals surface area contributed by atoms with Gasteiger partial charge < -0.3 is 15.2 Å². The van der Waals surface area contributed by atoms with Crippen LogP contribution in [0.5, 0.6) is 5.88 Å². The largest absolute Gasteiger partial charge is 0.481 e. The number of nitrogens with one attached hydrogen (secondary N) is 1. The minimum Gasteiger partial charge on any atom is -0.481 e. The summed E-state index contributed by atoms with van der Waals surface area (Å²) in [4.78, 5) is 22.7. The quantitative estimate of drug-likeness (QED) is 0.862. The molecule has 0 spiro atoms. The van der Waals surface area contributed by atoms with E-state index in [9.17, 15) is 4.79 Å². The van der Waals surface area contributed by atoms with Crippen LogP contribution in [-0.4, -0.2) is 33.1 Å². The van der Waals surface area contributed by atoms with Gasteiger partial charge in [0, 0.05) is 11.4 Å². The molecule has 0 bridgehead atoms. The fourth-order valence-electron chi connectivity index (χ4n) is 1.40. The lowest BCUT2D eigenvalue weighted by Gasteiger charge is -2.11. The van der Waals surface area contributed by atoms with E-state index in [0.29, 0.717) is 16.7 Å². The molecular weight excluding hydrogens is 268 g/mol. The Bertz CT molecular complexity index is 587. The van der Waals surface area contributed by atoms with Gasteiger partial charge in [-0.2, -0.15) is 0 Å². The van der Waals surface area contributed by atoms with E-state index >= 15 is 0 Å². The summed E-state index contributed by atoms with van der Waals surface area (Å²) >= 11 is 1.29. The van der Waals surface area contributed by atoms with Gasteiger partial charge in [-0.3, -0.25) is 0 Å². The van der Waals surface area contributed by atoms with Gasteiger partial charge in [-0.05, 0) is 6.92 Å². The van der Waals surface area contributed by atoms with Gasteiger partial charge in [0.15, 0.2) is 5.69 Å². The van der Waals surface area contributed by atoms with Gasteiger partial charge in [0.05, 0.1) is 13.2 Å². The lowest BCUT2D eigenvalue weighted by molar-refractivity contribution is 0.0691. The number of hydrogen-bond acceptors (Lipinski definition) is 7. The third-order valence-corrected chi connectivity index (χ3v) is 3.35. The van der Waals surface area contributed by atoms with Gasteiger partial charge in [0.25, 0.3) is 0 Å². The second-order valence-corrected chi connectivity index (χ2v) is 4.58. The van der Waals surface area contributed by atoms with Crippen LogP contribution in [0.2, 0.25) is 0 Å². The van der Waals surface area contributed by atoms with Gasteiger partial charge in [-0.1, -0.05) is 0 Å². The van der Waals surface area contributed by atoms with Crippen LogP contribution >= 0.6 is 11.3 Å². The molecule has 8 heteroatoms. The van der Waals surface area contributed by atoms with Crippen LogP contribution in [-0.2, 0) is 0 Å². The molecule has 0 radical (unpaired) electrons. The molecule has 0 aliphatic heterocycles.